The van der Waals surface area contributed by atoms with Crippen molar-refractivity contribution in [3.8, 4) is 19.5 Å². The summed E-state index contributed by atoms with van der Waals surface area (Å²) in [5.74, 6) is 1.07. The van der Waals surface area contributed by atoms with Crippen molar-refractivity contribution in [1.82, 2.24) is 0 Å². The van der Waals surface area contributed by atoms with Crippen molar-refractivity contribution in [3.05, 3.63) is 64.9 Å². The fraction of sp³-hybridized carbons (Fsp3) is 0.558. The number of aldehydes is 1. The fourth-order valence-corrected chi connectivity index (χ4v) is 12.9. The average Bonchev–Trinajstić information content (AvgIpc) is 3.93. The van der Waals surface area contributed by atoms with Crippen LogP contribution in [-0.4, -0.2) is 17.9 Å². The molecule has 1 aliphatic rings. The molecular formula is C43H55BrO3S4. The van der Waals surface area contributed by atoms with E-state index in [-0.39, 0.29) is 11.6 Å². The van der Waals surface area contributed by atoms with Crippen molar-refractivity contribution in [2.24, 2.45) is 11.8 Å². The first-order chi connectivity index (χ1) is 24.8. The van der Waals surface area contributed by atoms with Gasteiger partial charge in [-0.1, -0.05) is 130 Å². The van der Waals surface area contributed by atoms with Crippen LogP contribution < -0.4 is 0 Å². The maximum Gasteiger partial charge on any atom is 0.197 e. The van der Waals surface area contributed by atoms with Gasteiger partial charge in [0, 0.05) is 30.6 Å². The summed E-state index contributed by atoms with van der Waals surface area (Å²) in [6.45, 7) is 9.06. The number of rotatable bonds is 23. The predicted molar refractivity (Wildman–Crippen MR) is 226 cm³/mol. The van der Waals surface area contributed by atoms with E-state index in [0.29, 0.717) is 39.0 Å². The maximum absolute atomic E-state index is 15.2. The highest BCUT2D eigenvalue weighted by molar-refractivity contribution is 9.11. The van der Waals surface area contributed by atoms with Crippen LogP contribution in [0.3, 0.4) is 0 Å². The van der Waals surface area contributed by atoms with Gasteiger partial charge in [0.25, 0.3) is 0 Å². The van der Waals surface area contributed by atoms with Crippen molar-refractivity contribution < 1.29 is 14.4 Å². The van der Waals surface area contributed by atoms with Crippen LogP contribution in [0.4, 0.5) is 0 Å². The van der Waals surface area contributed by atoms with Crippen LogP contribution in [0.1, 0.15) is 182 Å². The van der Waals surface area contributed by atoms with E-state index < -0.39 is 0 Å². The molecule has 3 nitrogen and oxygen atoms in total. The lowest BCUT2D eigenvalue weighted by atomic mass is 9.80. The molecular weight excluding hydrogens is 773 g/mol. The molecule has 0 N–H and O–H groups in total. The number of hydrogen-bond acceptors (Lipinski definition) is 7. The van der Waals surface area contributed by atoms with Gasteiger partial charge >= 0.3 is 0 Å². The van der Waals surface area contributed by atoms with Crippen LogP contribution in [-0.2, 0) is 12.8 Å². The van der Waals surface area contributed by atoms with E-state index in [4.69, 9.17) is 0 Å². The third-order valence-electron chi connectivity index (χ3n) is 10.4. The van der Waals surface area contributed by atoms with Crippen LogP contribution in [0.15, 0.2) is 28.1 Å². The summed E-state index contributed by atoms with van der Waals surface area (Å²) in [7, 11) is 0. The van der Waals surface area contributed by atoms with Gasteiger partial charge in [-0.25, -0.2) is 0 Å². The summed E-state index contributed by atoms with van der Waals surface area (Å²) in [6, 6.07) is 7.83. The van der Waals surface area contributed by atoms with Gasteiger partial charge in [0.1, 0.15) is 0 Å². The zero-order chi connectivity index (χ0) is 36.3. The topological polar surface area (TPSA) is 51.2 Å². The molecule has 0 aliphatic heterocycles. The molecule has 0 spiro atoms. The lowest BCUT2D eigenvalue weighted by Crippen LogP contribution is -2.22. The first-order valence-corrected chi connectivity index (χ1v) is 23.6. The van der Waals surface area contributed by atoms with E-state index in [1.165, 1.54) is 125 Å². The van der Waals surface area contributed by atoms with Gasteiger partial charge in [0.15, 0.2) is 17.9 Å². The smallest absolute Gasteiger partial charge is 0.197 e. The number of unbranched alkanes of at least 4 members (excludes halogenated alkanes) is 8. The average molecular weight is 828 g/mol. The molecule has 0 radical (unpaired) electrons. The Balaban J connectivity index is 1.63. The Hall–Kier alpha value is -1.71. The van der Waals surface area contributed by atoms with Crippen LogP contribution in [0.5, 0.6) is 0 Å². The van der Waals surface area contributed by atoms with Crippen molar-refractivity contribution in [2.75, 3.05) is 0 Å². The number of hydrogen-bond donors (Lipinski definition) is 0. The summed E-state index contributed by atoms with van der Waals surface area (Å²) in [5.41, 5.74) is 2.54. The Morgan fingerprint density at radius 3 is 1.45 bits per heavy atom. The van der Waals surface area contributed by atoms with Gasteiger partial charge in [-0.05, 0) is 64.9 Å². The molecule has 276 valence electrons. The Kier molecular flexibility index (Phi) is 16.0. The number of ketones is 2. The third-order valence-corrected chi connectivity index (χ3v) is 15.9. The molecule has 8 heteroatoms. The zero-order valence-corrected chi connectivity index (χ0v) is 35.9. The fourth-order valence-electron chi connectivity index (χ4n) is 7.66. The largest absolute Gasteiger partial charge is 0.297 e. The van der Waals surface area contributed by atoms with Crippen LogP contribution in [0.2, 0.25) is 0 Å². The molecule has 4 aromatic rings. The highest BCUT2D eigenvalue weighted by Crippen LogP contribution is 2.52. The third kappa shape index (κ3) is 9.89. The van der Waals surface area contributed by atoms with Crippen molar-refractivity contribution in [3.63, 3.8) is 0 Å². The van der Waals surface area contributed by atoms with Gasteiger partial charge in [0.2, 0.25) is 0 Å². The first kappa shape index (κ1) is 40.5. The number of fused-ring (bicyclic) bond motifs is 2. The van der Waals surface area contributed by atoms with Gasteiger partial charge in [0.05, 0.1) is 29.5 Å². The molecule has 0 bridgehead atoms. The Morgan fingerprint density at radius 1 is 0.549 bits per heavy atom. The molecule has 2 unspecified atom stereocenters. The van der Waals surface area contributed by atoms with Crippen LogP contribution in [0, 0.1) is 11.8 Å². The monoisotopic (exact) mass is 826 g/mol. The highest BCUT2D eigenvalue weighted by atomic mass is 79.9. The second-order valence-electron chi connectivity index (χ2n) is 14.4. The summed E-state index contributed by atoms with van der Waals surface area (Å²) in [6.07, 6.45) is 22.0. The van der Waals surface area contributed by atoms with Crippen molar-refractivity contribution in [1.29, 1.82) is 0 Å². The maximum atomic E-state index is 15.2. The normalized spacial score (nSPS) is 13.8. The molecule has 0 saturated heterocycles. The van der Waals surface area contributed by atoms with Gasteiger partial charge in [-0.15, -0.1) is 45.3 Å². The second kappa shape index (κ2) is 20.1. The van der Waals surface area contributed by atoms with E-state index in [1.807, 2.05) is 18.2 Å². The standard InChI is InChI=1S/C43H55BrO3S4/c1-5-9-13-15-19-28(17-11-7-3)25-33-36-37(34(49-33)26-29(18-12-8-4)20-16-14-10-6-2)41(47)39-38(40(36)46)42(31-22-21-30(27-45)48-31)51-43(39)32-23-24-35(44)50-32/h21-24,27-29H,5-20,25-26H2,1-4H3. The van der Waals surface area contributed by atoms with E-state index in [1.54, 1.807) is 22.7 Å². The molecule has 1 aliphatic carbocycles. The molecule has 0 amide bonds. The number of carbonyl (C=O) groups is 3. The summed E-state index contributed by atoms with van der Waals surface area (Å²) >= 11 is 9.97. The predicted octanol–water partition coefficient (Wildman–Crippen LogP) is 15.3. The summed E-state index contributed by atoms with van der Waals surface area (Å²) in [4.78, 5) is 48.6. The van der Waals surface area contributed by atoms with Gasteiger partial charge < -0.3 is 0 Å². The summed E-state index contributed by atoms with van der Waals surface area (Å²) < 4.78 is 0.994. The molecule has 0 fully saturated rings. The molecule has 0 saturated carbocycles. The lowest BCUT2D eigenvalue weighted by Gasteiger charge is -2.20. The Labute approximate surface area is 330 Å². The Morgan fingerprint density at radius 2 is 1.02 bits per heavy atom. The van der Waals surface area contributed by atoms with E-state index in [0.717, 1.165) is 52.2 Å². The van der Waals surface area contributed by atoms with Gasteiger partial charge in [-0.2, -0.15) is 0 Å². The number of carbonyl (C=O) groups excluding carboxylic acids is 3. The first-order valence-electron chi connectivity index (χ1n) is 19.6. The van der Waals surface area contributed by atoms with Crippen LogP contribution in [0.25, 0.3) is 19.5 Å². The summed E-state index contributed by atoms with van der Waals surface area (Å²) in [5, 5.41) is 0. The minimum atomic E-state index is 0.0135. The van der Waals surface area contributed by atoms with Crippen LogP contribution >= 0.6 is 61.3 Å². The highest BCUT2D eigenvalue weighted by Gasteiger charge is 2.42. The molecule has 4 heterocycles. The quantitative estimate of drug-likeness (QED) is 0.0487. The molecule has 51 heavy (non-hydrogen) atoms. The van der Waals surface area contributed by atoms with E-state index >= 15 is 9.59 Å². The minimum Gasteiger partial charge on any atom is -0.297 e. The Bertz CT molecular complexity index is 1750. The SMILES string of the molecule is CCCCCCC(CCCC)Cc1sc(CC(CCCC)CCCCCC)c2c1C(=O)c1c(-c3ccc(Br)s3)sc(-c3ccc(C=O)s3)c1C2=O. The van der Waals surface area contributed by atoms with E-state index in [2.05, 4.69) is 49.7 Å². The number of thiophene rings is 4. The molecule has 4 aromatic heterocycles. The van der Waals surface area contributed by atoms with Crippen molar-refractivity contribution >= 4 is 79.1 Å². The zero-order valence-electron chi connectivity index (χ0n) is 31.0. The van der Waals surface area contributed by atoms with E-state index in [9.17, 15) is 4.79 Å². The lowest BCUT2D eigenvalue weighted by molar-refractivity contribution is 0.0980. The van der Waals surface area contributed by atoms with Gasteiger partial charge in [-0.3, -0.25) is 14.4 Å². The number of halogens is 1. The van der Waals surface area contributed by atoms with Crippen molar-refractivity contribution in [2.45, 2.75) is 143 Å². The molecule has 5 rings (SSSR count). The minimum absolute atomic E-state index is 0.0135. The molecule has 0 aromatic carbocycles. The second-order valence-corrected chi connectivity index (χ2v) is 20.2. The molecule has 2 atom stereocenters.